The summed E-state index contributed by atoms with van der Waals surface area (Å²) < 4.78 is 13.9. The molecular weight excluding hydrogens is 300 g/mol. The Bertz CT molecular complexity index is 677. The van der Waals surface area contributed by atoms with Gasteiger partial charge in [0.05, 0.1) is 18.6 Å². The Morgan fingerprint density at radius 3 is 3.10 bits per heavy atom. The van der Waals surface area contributed by atoms with Gasteiger partial charge in [-0.1, -0.05) is 0 Å². The number of hydrogen-bond acceptors (Lipinski definition) is 6. The van der Waals surface area contributed by atoms with E-state index in [4.69, 9.17) is 21.1 Å². The maximum absolute atomic E-state index is 6.02. The zero-order valence-corrected chi connectivity index (χ0v) is 12.6. The standard InChI is InChI=1S/C12H13ClN4O2S/c1-12(2)18-7-4-20-10(8(7)19-12)17-5-15-6-3-14-11(13)16-9(6)17/h3,5,7-8,10H,4H2,1-2H3/t7-,8-,10-/m1/s1. The Labute approximate surface area is 124 Å². The second kappa shape index (κ2) is 4.30. The molecule has 20 heavy (non-hydrogen) atoms. The summed E-state index contributed by atoms with van der Waals surface area (Å²) in [6.45, 7) is 3.89. The van der Waals surface area contributed by atoms with Crippen LogP contribution < -0.4 is 0 Å². The summed E-state index contributed by atoms with van der Waals surface area (Å²) in [6, 6.07) is 0. The number of nitrogens with zero attached hydrogens (tertiary/aromatic N) is 4. The molecule has 4 rings (SSSR count). The van der Waals surface area contributed by atoms with Crippen molar-refractivity contribution in [2.45, 2.75) is 37.2 Å². The predicted octanol–water partition coefficient (Wildman–Crippen LogP) is 2.25. The number of halogens is 1. The van der Waals surface area contributed by atoms with Crippen LogP contribution in [0.5, 0.6) is 0 Å². The SMILES string of the molecule is CC1(C)O[C@H]2[C@H](n3cnc4cnc(Cl)nc43)SC[C@H]2O1. The first-order valence-electron chi connectivity index (χ1n) is 6.36. The average Bonchev–Trinajstić information content (AvgIpc) is 3.00. The van der Waals surface area contributed by atoms with Gasteiger partial charge in [0, 0.05) is 5.75 Å². The van der Waals surface area contributed by atoms with Gasteiger partial charge in [0.15, 0.2) is 11.4 Å². The summed E-state index contributed by atoms with van der Waals surface area (Å²) in [7, 11) is 0. The molecule has 0 saturated carbocycles. The topological polar surface area (TPSA) is 62.1 Å². The summed E-state index contributed by atoms with van der Waals surface area (Å²) >= 11 is 7.67. The van der Waals surface area contributed by atoms with Gasteiger partial charge in [0.1, 0.15) is 17.0 Å². The number of ether oxygens (including phenoxy) is 2. The summed E-state index contributed by atoms with van der Waals surface area (Å²) in [4.78, 5) is 12.6. The van der Waals surface area contributed by atoms with Crippen molar-refractivity contribution in [1.29, 1.82) is 0 Å². The zero-order valence-electron chi connectivity index (χ0n) is 11.0. The first-order chi connectivity index (χ1) is 9.53. The van der Waals surface area contributed by atoms with Gasteiger partial charge in [-0.05, 0) is 25.4 Å². The summed E-state index contributed by atoms with van der Waals surface area (Å²) in [5.74, 6) is 0.370. The molecule has 2 aromatic rings. The molecule has 2 fully saturated rings. The highest BCUT2D eigenvalue weighted by molar-refractivity contribution is 7.99. The minimum absolute atomic E-state index is 0.00106. The van der Waals surface area contributed by atoms with E-state index >= 15 is 0 Å². The molecule has 4 heterocycles. The lowest BCUT2D eigenvalue weighted by Gasteiger charge is -2.22. The third-order valence-corrected chi connectivity index (χ3v) is 5.03. The van der Waals surface area contributed by atoms with Gasteiger partial charge in [0.25, 0.3) is 0 Å². The average molecular weight is 313 g/mol. The molecule has 106 valence electrons. The third kappa shape index (κ3) is 1.92. The number of fused-ring (bicyclic) bond motifs is 2. The van der Waals surface area contributed by atoms with Crippen LogP contribution >= 0.6 is 23.4 Å². The number of hydrogen-bond donors (Lipinski definition) is 0. The van der Waals surface area contributed by atoms with Crippen molar-refractivity contribution < 1.29 is 9.47 Å². The van der Waals surface area contributed by atoms with E-state index in [0.29, 0.717) is 0 Å². The molecule has 2 aliphatic heterocycles. The van der Waals surface area contributed by atoms with E-state index in [0.717, 1.165) is 16.9 Å². The fourth-order valence-corrected chi connectivity index (χ4v) is 4.26. The maximum Gasteiger partial charge on any atom is 0.224 e. The van der Waals surface area contributed by atoms with E-state index in [2.05, 4.69) is 15.0 Å². The predicted molar refractivity (Wildman–Crippen MR) is 75.7 cm³/mol. The van der Waals surface area contributed by atoms with Gasteiger partial charge in [-0.25, -0.2) is 9.97 Å². The maximum atomic E-state index is 6.02. The molecule has 2 aliphatic rings. The molecule has 0 aliphatic carbocycles. The molecule has 0 N–H and O–H groups in total. The van der Waals surface area contributed by atoms with Crippen molar-refractivity contribution >= 4 is 34.5 Å². The molecule has 0 aromatic carbocycles. The van der Waals surface area contributed by atoms with Crippen molar-refractivity contribution in [3.8, 4) is 0 Å². The van der Waals surface area contributed by atoms with Gasteiger partial charge < -0.3 is 9.47 Å². The van der Waals surface area contributed by atoms with E-state index in [9.17, 15) is 0 Å². The number of aromatic nitrogens is 4. The van der Waals surface area contributed by atoms with Crippen molar-refractivity contribution in [3.63, 3.8) is 0 Å². The Kier molecular flexibility index (Phi) is 2.76. The van der Waals surface area contributed by atoms with E-state index in [1.807, 2.05) is 18.4 Å². The lowest BCUT2D eigenvalue weighted by atomic mass is 10.2. The first-order valence-corrected chi connectivity index (χ1v) is 7.78. The summed E-state index contributed by atoms with van der Waals surface area (Å²) in [5.41, 5.74) is 1.47. The van der Waals surface area contributed by atoms with Crippen LogP contribution in [0.2, 0.25) is 5.28 Å². The minimum atomic E-state index is -0.530. The largest absolute Gasteiger partial charge is 0.344 e. The van der Waals surface area contributed by atoms with Gasteiger partial charge in [0.2, 0.25) is 5.28 Å². The van der Waals surface area contributed by atoms with Crippen LogP contribution in [-0.2, 0) is 9.47 Å². The fourth-order valence-electron chi connectivity index (χ4n) is 2.75. The second-order valence-corrected chi connectivity index (χ2v) is 6.85. The zero-order chi connectivity index (χ0) is 13.9. The molecule has 6 nitrogen and oxygen atoms in total. The van der Waals surface area contributed by atoms with Gasteiger partial charge in [-0.3, -0.25) is 4.57 Å². The summed E-state index contributed by atoms with van der Waals surface area (Å²) in [5, 5.41) is 0.320. The number of rotatable bonds is 1. The molecular formula is C12H13ClN4O2S. The fraction of sp³-hybridized carbons (Fsp3) is 0.583. The monoisotopic (exact) mass is 312 g/mol. The smallest absolute Gasteiger partial charge is 0.224 e. The molecule has 0 amide bonds. The normalized spacial score (nSPS) is 31.9. The second-order valence-electron chi connectivity index (χ2n) is 5.36. The Balaban J connectivity index is 1.75. The van der Waals surface area contributed by atoms with Crippen molar-refractivity contribution in [3.05, 3.63) is 17.8 Å². The van der Waals surface area contributed by atoms with E-state index < -0.39 is 5.79 Å². The highest BCUT2D eigenvalue weighted by Crippen LogP contribution is 2.47. The lowest BCUT2D eigenvalue weighted by molar-refractivity contribution is -0.146. The Morgan fingerprint density at radius 1 is 1.40 bits per heavy atom. The van der Waals surface area contributed by atoms with E-state index in [1.54, 1.807) is 24.3 Å². The van der Waals surface area contributed by atoms with Gasteiger partial charge in [-0.2, -0.15) is 4.98 Å². The van der Waals surface area contributed by atoms with Crippen LogP contribution in [0.25, 0.3) is 11.2 Å². The molecule has 2 saturated heterocycles. The first kappa shape index (κ1) is 12.8. The van der Waals surface area contributed by atoms with Crippen LogP contribution in [0.15, 0.2) is 12.5 Å². The van der Waals surface area contributed by atoms with Crippen LogP contribution in [0.4, 0.5) is 0 Å². The molecule has 2 aromatic heterocycles. The molecule has 0 radical (unpaired) electrons. The van der Waals surface area contributed by atoms with Crippen molar-refractivity contribution in [1.82, 2.24) is 19.5 Å². The van der Waals surface area contributed by atoms with Crippen LogP contribution in [0, 0.1) is 0 Å². The molecule has 3 atom stereocenters. The molecule has 0 bridgehead atoms. The van der Waals surface area contributed by atoms with Crippen LogP contribution in [-0.4, -0.2) is 43.3 Å². The lowest BCUT2D eigenvalue weighted by Crippen LogP contribution is -2.26. The quantitative estimate of drug-likeness (QED) is 0.753. The molecule has 0 unspecified atom stereocenters. The minimum Gasteiger partial charge on any atom is -0.344 e. The van der Waals surface area contributed by atoms with Crippen LogP contribution in [0.3, 0.4) is 0 Å². The number of thioether (sulfide) groups is 1. The Hall–Kier alpha value is -0.890. The van der Waals surface area contributed by atoms with Gasteiger partial charge in [-0.15, -0.1) is 11.8 Å². The van der Waals surface area contributed by atoms with E-state index in [-0.39, 0.29) is 22.9 Å². The van der Waals surface area contributed by atoms with Gasteiger partial charge >= 0.3 is 0 Å². The van der Waals surface area contributed by atoms with Crippen molar-refractivity contribution in [2.75, 3.05) is 5.75 Å². The van der Waals surface area contributed by atoms with E-state index in [1.165, 1.54) is 0 Å². The summed E-state index contributed by atoms with van der Waals surface area (Å²) in [6.07, 6.45) is 3.51. The highest BCUT2D eigenvalue weighted by Gasteiger charge is 2.50. The highest BCUT2D eigenvalue weighted by atomic mass is 35.5. The molecule has 0 spiro atoms. The Morgan fingerprint density at radius 2 is 2.25 bits per heavy atom. The number of imidazole rings is 1. The van der Waals surface area contributed by atoms with Crippen LogP contribution in [0.1, 0.15) is 19.2 Å². The third-order valence-electron chi connectivity index (χ3n) is 3.49. The van der Waals surface area contributed by atoms with Crippen molar-refractivity contribution in [2.24, 2.45) is 0 Å². The molecule has 8 heteroatoms.